The molecule has 0 saturated heterocycles. The van der Waals surface area contributed by atoms with E-state index in [9.17, 15) is 15.6 Å². The zero-order chi connectivity index (χ0) is 32.4. The third kappa shape index (κ3) is 5.03. The first-order valence-corrected chi connectivity index (χ1v) is 15.7. The van der Waals surface area contributed by atoms with Crippen LogP contribution in [0.25, 0.3) is 0 Å². The molecular weight excluding hydrogens is 544 g/mol. The average Bonchev–Trinajstić information content (AvgIpc) is 3.39. The molecule has 44 heavy (non-hydrogen) atoms. The van der Waals surface area contributed by atoms with Crippen LogP contribution in [-0.2, 0) is 10.8 Å². The van der Waals surface area contributed by atoms with Crippen molar-refractivity contribution in [1.82, 2.24) is 0 Å². The summed E-state index contributed by atoms with van der Waals surface area (Å²) in [6, 6.07) is 18.7. The minimum atomic E-state index is -0.391. The van der Waals surface area contributed by atoms with Gasteiger partial charge in [0.25, 0.3) is 0 Å². The standard InChI is InChI=1S/C36H38N4O2.C2H6/c1-8-10-17-40-29-14-12-11-13-27(29)35(3,4)32(40)20-26-33(23(21-37)22-38)25(34(26)41)19-31-36(5,6)28-18-24(42-7)15-16-30(28)39(31)9-2;1-2/h11-16,18-20H,8-10,17H2,1-7H3;1-2H3/p+1. The second-order valence-corrected chi connectivity index (χ2v) is 12.1. The fourth-order valence-corrected chi connectivity index (χ4v) is 6.67. The Labute approximate surface area is 263 Å². The first-order valence-electron chi connectivity index (χ1n) is 15.7. The molecule has 0 bridgehead atoms. The molecule has 0 fully saturated rings. The molecule has 3 aliphatic rings. The summed E-state index contributed by atoms with van der Waals surface area (Å²) < 4.78 is 7.84. The Morgan fingerprint density at radius 3 is 2.27 bits per heavy atom. The van der Waals surface area contributed by atoms with Crippen LogP contribution in [-0.4, -0.2) is 35.6 Å². The Kier molecular flexibility index (Phi) is 9.26. The van der Waals surface area contributed by atoms with Gasteiger partial charge in [0.1, 0.15) is 35.8 Å². The third-order valence-electron chi connectivity index (χ3n) is 9.03. The van der Waals surface area contributed by atoms with Gasteiger partial charge < -0.3 is 14.7 Å². The lowest BCUT2D eigenvalue weighted by molar-refractivity contribution is -0.438. The summed E-state index contributed by atoms with van der Waals surface area (Å²) >= 11 is 0. The quantitative estimate of drug-likeness (QED) is 0.258. The fraction of sp³-hybridized carbons (Fsp3) is 0.395. The monoisotopic (exact) mass is 589 g/mol. The SMILES string of the molecule is CC.CCCC[N+]1=C(/C=C2C(O)=C(/C=C3\N(CC)c4ccc(OC)cc4C3(C)C)C\2=C(C#N)C#N)C(C)(C)c2ccccc21. The van der Waals surface area contributed by atoms with E-state index in [1.54, 1.807) is 7.11 Å². The van der Waals surface area contributed by atoms with Crippen LogP contribution in [0.2, 0.25) is 0 Å². The van der Waals surface area contributed by atoms with E-state index >= 15 is 0 Å². The molecule has 2 heterocycles. The number of fused-ring (bicyclic) bond motifs is 2. The summed E-state index contributed by atoms with van der Waals surface area (Å²) in [6.07, 6.45) is 6.03. The van der Waals surface area contributed by atoms with Crippen LogP contribution in [0.3, 0.4) is 0 Å². The van der Waals surface area contributed by atoms with E-state index in [-0.39, 0.29) is 16.7 Å². The number of rotatable bonds is 7. The minimum Gasteiger partial charge on any atom is -0.507 e. The summed E-state index contributed by atoms with van der Waals surface area (Å²) in [7, 11) is 1.66. The molecule has 5 rings (SSSR count). The number of likely N-dealkylation sites (N-methyl/N-ethyl adjacent to an activating group) is 1. The van der Waals surface area contributed by atoms with Gasteiger partial charge in [-0.2, -0.15) is 15.1 Å². The number of hydrogen-bond acceptors (Lipinski definition) is 5. The molecule has 6 heteroatoms. The molecule has 0 atom stereocenters. The molecular formula is C38H45N4O2+. The molecule has 0 unspecified atom stereocenters. The Balaban J connectivity index is 0.00000216. The number of methoxy groups -OCH3 is 1. The van der Waals surface area contributed by atoms with Gasteiger partial charge in [-0.25, -0.2) is 0 Å². The summed E-state index contributed by atoms with van der Waals surface area (Å²) in [6.45, 7) is 18.5. The highest BCUT2D eigenvalue weighted by molar-refractivity contribution is 6.05. The minimum absolute atomic E-state index is 0.00189. The number of ether oxygens (including phenoxy) is 1. The number of hydrogen-bond donors (Lipinski definition) is 1. The number of para-hydroxylation sites is 1. The summed E-state index contributed by atoms with van der Waals surface area (Å²) in [5, 5.41) is 31.6. The lowest BCUT2D eigenvalue weighted by Crippen LogP contribution is -2.30. The number of benzene rings is 2. The van der Waals surface area contributed by atoms with Gasteiger partial charge in [0.05, 0.1) is 12.5 Å². The van der Waals surface area contributed by atoms with Gasteiger partial charge in [-0.1, -0.05) is 59.2 Å². The number of aliphatic hydroxyl groups excluding tert-OH is 1. The molecule has 228 valence electrons. The summed E-state index contributed by atoms with van der Waals surface area (Å²) in [5.74, 6) is 0.896. The number of aliphatic hydroxyl groups is 1. The molecule has 0 spiro atoms. The molecule has 1 aliphatic carbocycles. The highest BCUT2D eigenvalue weighted by atomic mass is 16.5. The Bertz CT molecular complexity index is 1700. The molecule has 2 aliphatic heterocycles. The van der Waals surface area contributed by atoms with Gasteiger partial charge in [-0.3, -0.25) is 0 Å². The first-order chi connectivity index (χ1) is 21.1. The first kappa shape index (κ1) is 32.4. The van der Waals surface area contributed by atoms with Crippen LogP contribution in [0.4, 0.5) is 11.4 Å². The zero-order valence-electron chi connectivity index (χ0n) is 27.7. The molecule has 0 amide bonds. The van der Waals surface area contributed by atoms with Crippen molar-refractivity contribution >= 4 is 17.1 Å². The van der Waals surface area contributed by atoms with Crippen molar-refractivity contribution in [3.05, 3.63) is 99.5 Å². The zero-order valence-corrected chi connectivity index (χ0v) is 27.7. The van der Waals surface area contributed by atoms with Crippen molar-refractivity contribution in [2.24, 2.45) is 0 Å². The highest BCUT2D eigenvalue weighted by Crippen LogP contribution is 2.52. The molecule has 1 N–H and O–H groups in total. The van der Waals surface area contributed by atoms with Crippen molar-refractivity contribution < 1.29 is 14.4 Å². The maximum Gasteiger partial charge on any atom is 0.209 e. The highest BCUT2D eigenvalue weighted by Gasteiger charge is 2.46. The lowest BCUT2D eigenvalue weighted by Gasteiger charge is -2.31. The van der Waals surface area contributed by atoms with Gasteiger partial charge >= 0.3 is 0 Å². The van der Waals surface area contributed by atoms with E-state index < -0.39 is 5.41 Å². The molecule has 6 nitrogen and oxygen atoms in total. The van der Waals surface area contributed by atoms with E-state index in [1.165, 1.54) is 11.3 Å². The largest absolute Gasteiger partial charge is 0.507 e. The normalized spacial score (nSPS) is 19.2. The number of anilines is 1. The van der Waals surface area contributed by atoms with Crippen molar-refractivity contribution in [2.45, 2.75) is 79.1 Å². The maximum absolute atomic E-state index is 11.6. The van der Waals surface area contributed by atoms with Crippen LogP contribution in [0.15, 0.2) is 88.4 Å². The van der Waals surface area contributed by atoms with E-state index in [0.29, 0.717) is 16.7 Å². The molecule has 2 aromatic rings. The summed E-state index contributed by atoms with van der Waals surface area (Å²) in [5.41, 5.74) is 7.50. The van der Waals surface area contributed by atoms with Gasteiger partial charge in [0, 0.05) is 64.2 Å². The predicted molar refractivity (Wildman–Crippen MR) is 179 cm³/mol. The van der Waals surface area contributed by atoms with Crippen molar-refractivity contribution in [3.8, 4) is 17.9 Å². The van der Waals surface area contributed by atoms with Crippen molar-refractivity contribution in [1.29, 1.82) is 10.5 Å². The predicted octanol–water partition coefficient (Wildman–Crippen LogP) is 8.70. The second kappa shape index (κ2) is 12.6. The number of unbranched alkanes of at least 4 members (excludes halogenated alkanes) is 1. The number of allylic oxidation sites excluding steroid dienone is 6. The Morgan fingerprint density at radius 1 is 0.977 bits per heavy atom. The van der Waals surface area contributed by atoms with E-state index in [1.807, 2.05) is 32.1 Å². The van der Waals surface area contributed by atoms with Crippen LogP contribution in [0, 0.1) is 22.7 Å². The average molecular weight is 590 g/mol. The Morgan fingerprint density at radius 2 is 1.66 bits per heavy atom. The van der Waals surface area contributed by atoms with Crippen molar-refractivity contribution in [3.63, 3.8) is 0 Å². The van der Waals surface area contributed by atoms with Gasteiger partial charge in [-0.15, -0.1) is 0 Å². The van der Waals surface area contributed by atoms with Gasteiger partial charge in [-0.05, 0) is 50.6 Å². The fourth-order valence-electron chi connectivity index (χ4n) is 6.67. The number of nitrogens with zero attached hydrogens (tertiary/aromatic N) is 4. The molecule has 0 radical (unpaired) electrons. The Hall–Kier alpha value is -4.55. The summed E-state index contributed by atoms with van der Waals surface area (Å²) in [4.78, 5) is 2.23. The van der Waals surface area contributed by atoms with Crippen LogP contribution in [0.5, 0.6) is 5.75 Å². The van der Waals surface area contributed by atoms with Gasteiger partial charge in [0.2, 0.25) is 5.69 Å². The van der Waals surface area contributed by atoms with Crippen molar-refractivity contribution in [2.75, 3.05) is 25.1 Å². The second-order valence-electron chi connectivity index (χ2n) is 12.1. The van der Waals surface area contributed by atoms with E-state index in [0.717, 1.165) is 54.3 Å². The maximum atomic E-state index is 11.6. The van der Waals surface area contributed by atoms with Crippen LogP contribution < -0.4 is 9.64 Å². The van der Waals surface area contributed by atoms with Crippen LogP contribution in [0.1, 0.15) is 79.4 Å². The van der Waals surface area contributed by atoms with E-state index in [4.69, 9.17) is 4.74 Å². The topological polar surface area (TPSA) is 83.3 Å². The molecule has 0 aromatic heterocycles. The van der Waals surface area contributed by atoms with E-state index in [2.05, 4.69) is 99.6 Å². The smallest absolute Gasteiger partial charge is 0.209 e. The third-order valence-corrected chi connectivity index (χ3v) is 9.03. The molecule has 0 saturated carbocycles. The lowest BCUT2D eigenvalue weighted by atomic mass is 9.74. The number of nitriles is 2. The van der Waals surface area contributed by atoms with Gasteiger partial charge in [0.15, 0.2) is 5.71 Å². The van der Waals surface area contributed by atoms with Crippen LogP contribution >= 0.6 is 0 Å². The molecule has 2 aromatic carbocycles.